The number of rotatable bonds is 7. The molecule has 0 saturated heterocycles. The van der Waals surface area contributed by atoms with E-state index in [9.17, 15) is 26.7 Å². The molecule has 0 amide bonds. The molecule has 5 nitrogen and oxygen atoms in total. The molecule has 3 aromatic carbocycles. The number of pyridine rings is 1. The summed E-state index contributed by atoms with van der Waals surface area (Å²) in [5, 5.41) is 10.5. The first-order valence-corrected chi connectivity index (χ1v) is 13.8. The van der Waals surface area contributed by atoms with Crippen LogP contribution in [0, 0.1) is 0 Å². The summed E-state index contributed by atoms with van der Waals surface area (Å²) in [7, 11) is -3.87. The number of benzene rings is 3. The number of nitrogens with zero attached hydrogens (tertiary/aromatic N) is 1. The Morgan fingerprint density at radius 2 is 1.53 bits per heavy atom. The number of hydrogen-bond acceptors (Lipinski definition) is 5. The molecule has 0 aliphatic rings. The normalized spacial score (nSPS) is 13.9. The van der Waals surface area contributed by atoms with Crippen LogP contribution in [0.4, 0.5) is 13.2 Å². The lowest BCUT2D eigenvalue weighted by atomic mass is 10.0. The Kier molecular flexibility index (Phi) is 7.06. The number of nitrogens with one attached hydrogen (secondary N) is 1. The molecule has 2 unspecified atom stereocenters. The van der Waals surface area contributed by atoms with Gasteiger partial charge in [-0.15, -0.1) is 11.3 Å². The first kappa shape index (κ1) is 26.1. The average Bonchev–Trinajstić information content (AvgIpc) is 3.36. The minimum absolute atomic E-state index is 0.131. The third-order valence-corrected chi connectivity index (χ3v) is 8.68. The smallest absolute Gasteiger partial charge is 0.379 e. The number of halogens is 3. The molecule has 2 aromatic heterocycles. The topological polar surface area (TPSA) is 79.3 Å². The molecule has 2 heterocycles. The van der Waals surface area contributed by atoms with Gasteiger partial charge < -0.3 is 5.11 Å². The van der Waals surface area contributed by atoms with Crippen molar-refractivity contribution in [3.05, 3.63) is 119 Å². The van der Waals surface area contributed by atoms with Crippen LogP contribution in [-0.2, 0) is 10.0 Å². The van der Waals surface area contributed by atoms with Gasteiger partial charge in [0.2, 0.25) is 10.0 Å². The fraction of sp³-hybridized carbons (Fsp3) is 0.107. The molecule has 0 bridgehead atoms. The van der Waals surface area contributed by atoms with Crippen molar-refractivity contribution in [1.82, 2.24) is 9.71 Å². The summed E-state index contributed by atoms with van der Waals surface area (Å²) in [6.07, 6.45) is -6.20. The third-order valence-electron chi connectivity index (χ3n) is 5.99. The number of aliphatic hydroxyl groups is 1. The van der Waals surface area contributed by atoms with E-state index < -0.39 is 28.3 Å². The molecule has 2 atom stereocenters. The van der Waals surface area contributed by atoms with Gasteiger partial charge in [0.1, 0.15) is 0 Å². The number of sulfonamides is 1. The van der Waals surface area contributed by atoms with Gasteiger partial charge in [-0.3, -0.25) is 4.98 Å². The summed E-state index contributed by atoms with van der Waals surface area (Å²) in [5.41, 5.74) is 1.27. The van der Waals surface area contributed by atoms with E-state index in [0.717, 1.165) is 21.7 Å². The maximum absolute atomic E-state index is 13.2. The molecule has 5 aromatic rings. The molecule has 10 heteroatoms. The van der Waals surface area contributed by atoms with Gasteiger partial charge in [-0.25, -0.2) is 8.42 Å². The van der Waals surface area contributed by atoms with E-state index in [1.807, 2.05) is 42.5 Å². The second-order valence-corrected chi connectivity index (χ2v) is 11.4. The van der Waals surface area contributed by atoms with Gasteiger partial charge in [0.05, 0.1) is 16.6 Å². The molecule has 0 spiro atoms. The maximum Gasteiger partial charge on any atom is 0.418 e. The summed E-state index contributed by atoms with van der Waals surface area (Å²) in [6, 6.07) is 26.0. The van der Waals surface area contributed by atoms with Crippen LogP contribution < -0.4 is 4.72 Å². The molecular weight excluding hydrogens is 533 g/mol. The Hall–Kier alpha value is -3.57. The highest BCUT2D eigenvalue weighted by molar-refractivity contribution is 7.89. The van der Waals surface area contributed by atoms with E-state index in [0.29, 0.717) is 10.4 Å². The highest BCUT2D eigenvalue weighted by atomic mass is 32.2. The first-order chi connectivity index (χ1) is 18.1. The second-order valence-electron chi connectivity index (χ2n) is 8.57. The Labute approximate surface area is 221 Å². The van der Waals surface area contributed by atoms with Crippen molar-refractivity contribution in [3.63, 3.8) is 0 Å². The molecule has 5 rings (SSSR count). The molecule has 38 heavy (non-hydrogen) atoms. The minimum Gasteiger partial charge on any atom is -0.379 e. The van der Waals surface area contributed by atoms with Crippen LogP contribution in [-0.4, -0.2) is 24.7 Å². The molecule has 0 aliphatic carbocycles. The van der Waals surface area contributed by atoms with Crippen molar-refractivity contribution >= 4 is 31.4 Å². The second kappa shape index (κ2) is 10.3. The van der Waals surface area contributed by atoms with Gasteiger partial charge in [0.25, 0.3) is 0 Å². The lowest BCUT2D eigenvalue weighted by Crippen LogP contribution is -2.28. The highest BCUT2D eigenvalue weighted by Gasteiger charge is 2.39. The van der Waals surface area contributed by atoms with E-state index in [-0.39, 0.29) is 16.2 Å². The summed E-state index contributed by atoms with van der Waals surface area (Å²) in [6.45, 7) is 0. The van der Waals surface area contributed by atoms with Crippen LogP contribution in [0.25, 0.3) is 21.3 Å². The molecule has 2 N–H and O–H groups in total. The fourth-order valence-electron chi connectivity index (χ4n) is 4.14. The molecule has 0 saturated carbocycles. The molecule has 0 radical (unpaired) electrons. The zero-order chi connectivity index (χ0) is 26.9. The number of alkyl halides is 3. The number of aromatic nitrogens is 1. The molecule has 194 valence electrons. The molecule has 0 fully saturated rings. The average molecular weight is 555 g/mol. The van der Waals surface area contributed by atoms with E-state index in [1.165, 1.54) is 35.7 Å². The van der Waals surface area contributed by atoms with Crippen molar-refractivity contribution in [3.8, 4) is 11.3 Å². The van der Waals surface area contributed by atoms with Gasteiger partial charge in [0.15, 0.2) is 6.10 Å². The zero-order valence-electron chi connectivity index (χ0n) is 19.6. The Morgan fingerprint density at radius 3 is 2.21 bits per heavy atom. The lowest BCUT2D eigenvalue weighted by Gasteiger charge is -2.18. The van der Waals surface area contributed by atoms with Crippen molar-refractivity contribution in [1.29, 1.82) is 0 Å². The summed E-state index contributed by atoms with van der Waals surface area (Å²) >= 11 is 1.33. The minimum atomic E-state index is -4.81. The molecular formula is C28H21F3N2O3S2. The van der Waals surface area contributed by atoms with Crippen molar-refractivity contribution in [2.24, 2.45) is 0 Å². The fourth-order valence-corrected chi connectivity index (χ4v) is 6.70. The van der Waals surface area contributed by atoms with Gasteiger partial charge in [-0.1, -0.05) is 66.7 Å². The van der Waals surface area contributed by atoms with Crippen LogP contribution >= 0.6 is 11.3 Å². The number of aliphatic hydroxyl groups excluding tert-OH is 1. The first-order valence-electron chi connectivity index (χ1n) is 11.5. The van der Waals surface area contributed by atoms with E-state index in [1.54, 1.807) is 30.3 Å². The van der Waals surface area contributed by atoms with Gasteiger partial charge in [-0.2, -0.15) is 17.9 Å². The van der Waals surface area contributed by atoms with Crippen LogP contribution in [0.3, 0.4) is 0 Å². The van der Waals surface area contributed by atoms with Crippen molar-refractivity contribution < 1.29 is 26.7 Å². The predicted molar refractivity (Wildman–Crippen MR) is 141 cm³/mol. The van der Waals surface area contributed by atoms with Gasteiger partial charge >= 0.3 is 6.18 Å². The number of fused-ring (bicyclic) bond motifs is 1. The van der Waals surface area contributed by atoms with Crippen LogP contribution in [0.2, 0.25) is 0 Å². The molecule has 0 aliphatic heterocycles. The summed E-state index contributed by atoms with van der Waals surface area (Å²) < 4.78 is 69.4. The van der Waals surface area contributed by atoms with Gasteiger partial charge in [-0.05, 0) is 46.8 Å². The van der Waals surface area contributed by atoms with Crippen molar-refractivity contribution in [2.45, 2.75) is 23.2 Å². The largest absolute Gasteiger partial charge is 0.418 e. The number of hydrogen-bond donors (Lipinski definition) is 2. The van der Waals surface area contributed by atoms with E-state index in [2.05, 4.69) is 9.71 Å². The summed E-state index contributed by atoms with van der Waals surface area (Å²) in [5.74, 6) is 0. The lowest BCUT2D eigenvalue weighted by molar-refractivity contribution is -0.206. The van der Waals surface area contributed by atoms with Crippen LogP contribution in [0.5, 0.6) is 0 Å². The Bertz CT molecular complexity index is 1670. The third kappa shape index (κ3) is 5.34. The maximum atomic E-state index is 13.2. The van der Waals surface area contributed by atoms with E-state index >= 15 is 0 Å². The standard InChI is InChI=1S/C28H21F3N2O3S2/c29-28(30,31)27(34)20-14-15-32-23(16-20)22-13-7-10-19-17-24(37-26(19)22)25(18-8-3-1-4-9-18)33-38(35,36)21-11-5-2-6-12-21/h1-17,25,27,33-34H. The SMILES string of the molecule is O=S(=O)(NC(c1ccccc1)c1cc2cccc(-c3cc(C(O)C(F)(F)F)ccn3)c2s1)c1ccccc1. The van der Waals surface area contributed by atoms with Crippen LogP contribution in [0.15, 0.2) is 108 Å². The van der Waals surface area contributed by atoms with E-state index in [4.69, 9.17) is 0 Å². The summed E-state index contributed by atoms with van der Waals surface area (Å²) in [4.78, 5) is 5.08. The van der Waals surface area contributed by atoms with Crippen molar-refractivity contribution in [2.75, 3.05) is 0 Å². The Morgan fingerprint density at radius 1 is 0.842 bits per heavy atom. The van der Waals surface area contributed by atoms with Gasteiger partial charge in [0, 0.05) is 21.3 Å². The highest BCUT2D eigenvalue weighted by Crippen LogP contribution is 2.40. The monoisotopic (exact) mass is 554 g/mol. The Balaban J connectivity index is 1.60. The van der Waals surface area contributed by atoms with Crippen LogP contribution in [0.1, 0.15) is 28.1 Å². The number of thiophene rings is 1. The predicted octanol–water partition coefficient (Wildman–Crippen LogP) is 6.63. The zero-order valence-corrected chi connectivity index (χ0v) is 21.3. The quantitative estimate of drug-likeness (QED) is 0.237.